The standard InChI is InChI=1S/C9H5F2NO/c1-5(13)8-6(4-12)2-3-7(10)9(8)11/h2-3H,1H3. The van der Waals surface area contributed by atoms with E-state index in [2.05, 4.69) is 0 Å². The lowest BCUT2D eigenvalue weighted by Crippen LogP contribution is -2.03. The second-order valence-corrected chi connectivity index (χ2v) is 2.45. The molecular formula is C9H5F2NO. The van der Waals surface area contributed by atoms with Gasteiger partial charge in [-0.15, -0.1) is 0 Å². The third-order valence-corrected chi connectivity index (χ3v) is 1.57. The minimum absolute atomic E-state index is 0.147. The van der Waals surface area contributed by atoms with Crippen LogP contribution in [0.2, 0.25) is 0 Å². The molecule has 66 valence electrons. The third kappa shape index (κ3) is 1.54. The van der Waals surface area contributed by atoms with Crippen molar-refractivity contribution in [1.29, 1.82) is 5.26 Å². The molecule has 0 radical (unpaired) electrons. The van der Waals surface area contributed by atoms with Crippen molar-refractivity contribution in [1.82, 2.24) is 0 Å². The van der Waals surface area contributed by atoms with Gasteiger partial charge in [0.25, 0.3) is 0 Å². The van der Waals surface area contributed by atoms with E-state index in [1.54, 1.807) is 6.07 Å². The van der Waals surface area contributed by atoms with Gasteiger partial charge in [-0.3, -0.25) is 4.79 Å². The van der Waals surface area contributed by atoms with Gasteiger partial charge in [-0.05, 0) is 19.1 Å². The van der Waals surface area contributed by atoms with Gasteiger partial charge in [0.15, 0.2) is 17.4 Å². The maximum Gasteiger partial charge on any atom is 0.170 e. The van der Waals surface area contributed by atoms with Crippen molar-refractivity contribution in [3.63, 3.8) is 0 Å². The molecule has 0 aromatic heterocycles. The molecule has 0 saturated carbocycles. The molecule has 0 saturated heterocycles. The molecule has 1 aromatic carbocycles. The summed E-state index contributed by atoms with van der Waals surface area (Å²) in [6, 6.07) is 3.52. The maximum absolute atomic E-state index is 13.0. The summed E-state index contributed by atoms with van der Waals surface area (Å²) in [5.74, 6) is -3.04. The van der Waals surface area contributed by atoms with Crippen LogP contribution < -0.4 is 0 Å². The lowest BCUT2D eigenvalue weighted by Gasteiger charge is -2.01. The predicted octanol–water partition coefficient (Wildman–Crippen LogP) is 2.04. The van der Waals surface area contributed by atoms with Crippen LogP contribution in [0.3, 0.4) is 0 Å². The fourth-order valence-corrected chi connectivity index (χ4v) is 0.988. The largest absolute Gasteiger partial charge is 0.294 e. The average Bonchev–Trinajstić information content (AvgIpc) is 2.08. The van der Waals surface area contributed by atoms with Crippen molar-refractivity contribution >= 4 is 5.78 Å². The van der Waals surface area contributed by atoms with Gasteiger partial charge in [0.2, 0.25) is 0 Å². The number of Topliss-reactive ketones (excluding diaryl/α,β-unsaturated/α-hetero) is 1. The summed E-state index contributed by atoms with van der Waals surface area (Å²) in [7, 11) is 0. The number of hydrogen-bond acceptors (Lipinski definition) is 2. The van der Waals surface area contributed by atoms with E-state index in [0.29, 0.717) is 0 Å². The van der Waals surface area contributed by atoms with Gasteiger partial charge >= 0.3 is 0 Å². The first-order valence-electron chi connectivity index (χ1n) is 3.47. The molecular weight excluding hydrogens is 176 g/mol. The van der Waals surface area contributed by atoms with Gasteiger partial charge in [-0.25, -0.2) is 8.78 Å². The van der Waals surface area contributed by atoms with Crippen molar-refractivity contribution in [3.05, 3.63) is 34.9 Å². The number of carbonyl (C=O) groups excluding carboxylic acids is 1. The molecule has 0 bridgehead atoms. The summed E-state index contributed by atoms with van der Waals surface area (Å²) in [5.41, 5.74) is -0.631. The Morgan fingerprint density at radius 3 is 2.54 bits per heavy atom. The molecule has 13 heavy (non-hydrogen) atoms. The van der Waals surface area contributed by atoms with E-state index in [1.807, 2.05) is 0 Å². The summed E-state index contributed by atoms with van der Waals surface area (Å²) in [5, 5.41) is 8.49. The lowest BCUT2D eigenvalue weighted by atomic mass is 10.0. The zero-order chi connectivity index (χ0) is 10.0. The van der Waals surface area contributed by atoms with Gasteiger partial charge in [0.1, 0.15) is 0 Å². The number of hydrogen-bond donors (Lipinski definition) is 0. The number of rotatable bonds is 1. The molecule has 0 aliphatic heterocycles. The normalized spacial score (nSPS) is 9.38. The summed E-state index contributed by atoms with van der Waals surface area (Å²) >= 11 is 0. The van der Waals surface area contributed by atoms with Crippen LogP contribution >= 0.6 is 0 Å². The first-order chi connectivity index (χ1) is 6.07. The predicted molar refractivity (Wildman–Crippen MR) is 41.1 cm³/mol. The highest BCUT2D eigenvalue weighted by molar-refractivity contribution is 5.96. The van der Waals surface area contributed by atoms with Gasteiger partial charge in [-0.2, -0.15) is 5.26 Å². The monoisotopic (exact) mass is 181 g/mol. The first-order valence-corrected chi connectivity index (χ1v) is 3.47. The summed E-state index contributed by atoms with van der Waals surface area (Å²) < 4.78 is 25.6. The SMILES string of the molecule is CC(=O)c1c(C#N)ccc(F)c1F. The second-order valence-electron chi connectivity index (χ2n) is 2.45. The highest BCUT2D eigenvalue weighted by Crippen LogP contribution is 2.16. The van der Waals surface area contributed by atoms with Crippen LogP contribution in [-0.4, -0.2) is 5.78 Å². The highest BCUT2D eigenvalue weighted by Gasteiger charge is 2.16. The zero-order valence-electron chi connectivity index (χ0n) is 6.77. The highest BCUT2D eigenvalue weighted by atomic mass is 19.2. The summed E-state index contributed by atoms with van der Waals surface area (Å²) in [6.45, 7) is 1.08. The topological polar surface area (TPSA) is 40.9 Å². The Balaban J connectivity index is 3.53. The first kappa shape index (κ1) is 9.33. The van der Waals surface area contributed by atoms with Crippen LogP contribution in [0.4, 0.5) is 8.78 Å². The van der Waals surface area contributed by atoms with E-state index < -0.39 is 23.0 Å². The quantitative estimate of drug-likeness (QED) is 0.622. The molecule has 1 aromatic rings. The van der Waals surface area contributed by atoms with Gasteiger partial charge < -0.3 is 0 Å². The molecule has 4 heteroatoms. The van der Waals surface area contributed by atoms with Crippen molar-refractivity contribution in [2.75, 3.05) is 0 Å². The van der Waals surface area contributed by atoms with Gasteiger partial charge in [0.05, 0.1) is 17.2 Å². The van der Waals surface area contributed by atoms with Crippen LogP contribution in [0.25, 0.3) is 0 Å². The molecule has 0 aliphatic rings. The molecule has 0 atom stereocenters. The van der Waals surface area contributed by atoms with Crippen LogP contribution in [0.15, 0.2) is 12.1 Å². The maximum atomic E-state index is 13.0. The summed E-state index contributed by atoms with van der Waals surface area (Å²) in [4.78, 5) is 10.8. The Hall–Kier alpha value is -1.76. The number of nitriles is 1. The lowest BCUT2D eigenvalue weighted by molar-refractivity contribution is 0.101. The molecule has 0 aliphatic carbocycles. The molecule has 2 nitrogen and oxygen atoms in total. The fraction of sp³-hybridized carbons (Fsp3) is 0.111. The Morgan fingerprint density at radius 1 is 1.46 bits per heavy atom. The molecule has 0 N–H and O–H groups in total. The minimum atomic E-state index is -1.26. The Bertz CT molecular complexity index is 407. The van der Waals surface area contributed by atoms with Gasteiger partial charge in [-0.1, -0.05) is 0 Å². The fourth-order valence-electron chi connectivity index (χ4n) is 0.988. The second kappa shape index (κ2) is 3.31. The van der Waals surface area contributed by atoms with E-state index in [4.69, 9.17) is 5.26 Å². The Morgan fingerprint density at radius 2 is 2.08 bits per heavy atom. The van der Waals surface area contributed by atoms with E-state index in [1.165, 1.54) is 0 Å². The number of ketones is 1. The summed E-state index contributed by atoms with van der Waals surface area (Å²) in [6.07, 6.45) is 0. The molecule has 0 amide bonds. The van der Waals surface area contributed by atoms with Crippen LogP contribution in [-0.2, 0) is 0 Å². The Kier molecular flexibility index (Phi) is 2.38. The molecule has 0 spiro atoms. The van der Waals surface area contributed by atoms with Crippen molar-refractivity contribution in [2.45, 2.75) is 6.92 Å². The average molecular weight is 181 g/mol. The van der Waals surface area contributed by atoms with Crippen molar-refractivity contribution in [3.8, 4) is 6.07 Å². The van der Waals surface area contributed by atoms with Crippen LogP contribution in [0.1, 0.15) is 22.8 Å². The number of carbonyl (C=O) groups is 1. The van der Waals surface area contributed by atoms with Crippen molar-refractivity contribution in [2.24, 2.45) is 0 Å². The molecule has 0 heterocycles. The van der Waals surface area contributed by atoms with E-state index in [-0.39, 0.29) is 5.56 Å². The van der Waals surface area contributed by atoms with Crippen molar-refractivity contribution < 1.29 is 13.6 Å². The Labute approximate surface area is 73.4 Å². The smallest absolute Gasteiger partial charge is 0.170 e. The molecule has 0 unspecified atom stereocenters. The third-order valence-electron chi connectivity index (χ3n) is 1.57. The van der Waals surface area contributed by atoms with E-state index in [9.17, 15) is 13.6 Å². The van der Waals surface area contributed by atoms with Gasteiger partial charge in [0, 0.05) is 0 Å². The van der Waals surface area contributed by atoms with E-state index in [0.717, 1.165) is 19.1 Å². The number of halogens is 2. The molecule has 0 fully saturated rings. The minimum Gasteiger partial charge on any atom is -0.294 e. The zero-order valence-corrected chi connectivity index (χ0v) is 6.77. The van der Waals surface area contributed by atoms with Crippen LogP contribution in [0, 0.1) is 23.0 Å². The number of benzene rings is 1. The van der Waals surface area contributed by atoms with Crippen LogP contribution in [0.5, 0.6) is 0 Å². The number of nitrogens with zero attached hydrogens (tertiary/aromatic N) is 1. The van der Waals surface area contributed by atoms with E-state index >= 15 is 0 Å². The molecule has 1 rings (SSSR count).